The molecule has 0 aliphatic rings. The smallest absolute Gasteiger partial charge is 0.420 e. The van der Waals surface area contributed by atoms with E-state index in [0.29, 0.717) is 17.2 Å². The number of hydrogen-bond donors (Lipinski definition) is 0. The number of hydrogen-bond acceptors (Lipinski definition) is 6. The molecule has 3 aromatic rings. The third-order valence-electron chi connectivity index (χ3n) is 4.82. The Bertz CT molecular complexity index is 1290. The number of carbonyl (C=O) groups is 3. The Morgan fingerprint density at radius 1 is 0.722 bits per heavy atom. The summed E-state index contributed by atoms with van der Waals surface area (Å²) in [6.07, 6.45) is -2.54. The molecule has 0 saturated heterocycles. The molecule has 0 amide bonds. The normalized spacial score (nSPS) is 10.8. The van der Waals surface area contributed by atoms with Crippen molar-refractivity contribution in [2.75, 3.05) is 6.79 Å². The number of rotatable bonds is 10. The van der Waals surface area contributed by atoms with Crippen molar-refractivity contribution >= 4 is 17.5 Å². The highest BCUT2D eigenvalue weighted by atomic mass is 19.4. The van der Waals surface area contributed by atoms with Gasteiger partial charge in [0.05, 0.1) is 5.56 Å². The minimum Gasteiger partial charge on any atom is -0.458 e. The number of ketones is 2. The fraction of sp³-hybridized carbons (Fsp3) is 0.0741. The molecule has 0 spiro atoms. The lowest BCUT2D eigenvalue weighted by Gasteiger charge is -2.16. The second kappa shape index (κ2) is 11.2. The molecule has 36 heavy (non-hydrogen) atoms. The molecule has 0 N–H and O–H groups in total. The van der Waals surface area contributed by atoms with E-state index in [9.17, 15) is 27.6 Å². The number of ether oxygens (including phenoxy) is 3. The Kier molecular flexibility index (Phi) is 8.06. The summed E-state index contributed by atoms with van der Waals surface area (Å²) in [4.78, 5) is 35.5. The highest BCUT2D eigenvalue weighted by molar-refractivity contribution is 6.05. The van der Waals surface area contributed by atoms with Gasteiger partial charge in [0.2, 0.25) is 6.79 Å². The van der Waals surface area contributed by atoms with Gasteiger partial charge < -0.3 is 14.2 Å². The Morgan fingerprint density at radius 2 is 1.22 bits per heavy atom. The number of esters is 1. The molecular weight excluding hydrogens is 477 g/mol. The zero-order valence-electron chi connectivity index (χ0n) is 18.7. The quantitative estimate of drug-likeness (QED) is 0.111. The summed E-state index contributed by atoms with van der Waals surface area (Å²) in [5.41, 5.74) is -0.455. The van der Waals surface area contributed by atoms with Crippen molar-refractivity contribution in [1.29, 1.82) is 0 Å². The van der Waals surface area contributed by atoms with E-state index in [1.54, 1.807) is 0 Å². The largest absolute Gasteiger partial charge is 0.458 e. The topological polar surface area (TPSA) is 78.9 Å². The van der Waals surface area contributed by atoms with Gasteiger partial charge in [0, 0.05) is 11.1 Å². The third-order valence-corrected chi connectivity index (χ3v) is 4.82. The van der Waals surface area contributed by atoms with Crippen LogP contribution >= 0.6 is 0 Å². The van der Waals surface area contributed by atoms with Crippen molar-refractivity contribution in [3.63, 3.8) is 0 Å². The summed E-state index contributed by atoms with van der Waals surface area (Å²) in [7, 11) is 0. The Morgan fingerprint density at radius 3 is 1.75 bits per heavy atom. The SMILES string of the molecule is C=CC(=O)c1ccc(OCOc2ccc(OC(=O)c3ccc(C(=O)C=C)cc3)cc2C(F)(F)F)cc1. The first kappa shape index (κ1) is 26.0. The Labute approximate surface area is 204 Å². The van der Waals surface area contributed by atoms with Gasteiger partial charge in [-0.05, 0) is 66.7 Å². The molecule has 0 heterocycles. The van der Waals surface area contributed by atoms with Crippen LogP contribution < -0.4 is 14.2 Å². The van der Waals surface area contributed by atoms with E-state index in [0.717, 1.165) is 24.3 Å². The summed E-state index contributed by atoms with van der Waals surface area (Å²) < 4.78 is 56.3. The second-order valence-corrected chi connectivity index (χ2v) is 7.19. The minimum absolute atomic E-state index is 0.0405. The molecule has 6 nitrogen and oxygen atoms in total. The van der Waals surface area contributed by atoms with Crippen LogP contribution in [0, 0.1) is 0 Å². The van der Waals surface area contributed by atoms with Crippen LogP contribution in [0.25, 0.3) is 0 Å². The van der Waals surface area contributed by atoms with Crippen LogP contribution in [0.1, 0.15) is 36.6 Å². The average Bonchev–Trinajstić information content (AvgIpc) is 2.88. The van der Waals surface area contributed by atoms with Gasteiger partial charge in [-0.2, -0.15) is 13.2 Å². The van der Waals surface area contributed by atoms with E-state index < -0.39 is 30.3 Å². The predicted octanol–water partition coefficient (Wildman–Crippen LogP) is 6.08. The second-order valence-electron chi connectivity index (χ2n) is 7.19. The van der Waals surface area contributed by atoms with Gasteiger partial charge in [0.15, 0.2) is 11.6 Å². The molecule has 0 saturated carbocycles. The first-order valence-corrected chi connectivity index (χ1v) is 10.3. The molecule has 9 heteroatoms. The highest BCUT2D eigenvalue weighted by Gasteiger charge is 2.35. The zero-order valence-corrected chi connectivity index (χ0v) is 18.7. The van der Waals surface area contributed by atoms with E-state index in [2.05, 4.69) is 13.2 Å². The van der Waals surface area contributed by atoms with Gasteiger partial charge in [-0.25, -0.2) is 4.79 Å². The van der Waals surface area contributed by atoms with Crippen LogP contribution in [-0.4, -0.2) is 24.3 Å². The van der Waals surface area contributed by atoms with Crippen LogP contribution in [0.4, 0.5) is 13.2 Å². The maximum absolute atomic E-state index is 13.6. The molecule has 0 unspecified atom stereocenters. The molecule has 184 valence electrons. The molecule has 0 atom stereocenters. The fourth-order valence-corrected chi connectivity index (χ4v) is 2.97. The minimum atomic E-state index is -4.81. The summed E-state index contributed by atoms with van der Waals surface area (Å²) in [6.45, 7) is 6.20. The van der Waals surface area contributed by atoms with Crippen molar-refractivity contribution in [3.05, 3.63) is 114 Å². The fourth-order valence-electron chi connectivity index (χ4n) is 2.97. The maximum atomic E-state index is 13.6. The molecule has 0 aromatic heterocycles. The van der Waals surface area contributed by atoms with Gasteiger partial charge >= 0.3 is 12.1 Å². The van der Waals surface area contributed by atoms with Crippen molar-refractivity contribution in [2.24, 2.45) is 0 Å². The van der Waals surface area contributed by atoms with Crippen LogP contribution in [-0.2, 0) is 6.18 Å². The molecule has 0 bridgehead atoms. The number of allylic oxidation sites excluding steroid dienone is 2. The summed E-state index contributed by atoms with van der Waals surface area (Å²) in [6, 6.07) is 14.1. The molecular formula is C27H19F3O6. The molecule has 0 fully saturated rings. The first-order chi connectivity index (χ1) is 17.1. The Balaban J connectivity index is 1.69. The third kappa shape index (κ3) is 6.47. The molecule has 0 radical (unpaired) electrons. The Hall–Kier alpha value is -4.66. The molecule has 0 aliphatic heterocycles. The van der Waals surface area contributed by atoms with Gasteiger partial charge in [0.25, 0.3) is 0 Å². The summed E-state index contributed by atoms with van der Waals surface area (Å²) in [5, 5.41) is 0. The standard InChI is InChI=1S/C27H19F3O6/c1-3-23(31)17-5-7-19(8-6-17)26(33)36-21-13-14-25(22(15-21)27(28,29)30)35-16-34-20-11-9-18(10-12-20)24(32)4-2/h3-15H,1-2,16H2. The lowest BCUT2D eigenvalue weighted by atomic mass is 10.1. The summed E-state index contributed by atoms with van der Waals surface area (Å²) in [5.74, 6) is -2.15. The van der Waals surface area contributed by atoms with E-state index in [1.807, 2.05) is 0 Å². The monoisotopic (exact) mass is 496 g/mol. The lowest BCUT2D eigenvalue weighted by molar-refractivity contribution is -0.139. The van der Waals surface area contributed by atoms with Crippen LogP contribution in [0.15, 0.2) is 92.0 Å². The molecule has 3 rings (SSSR count). The van der Waals surface area contributed by atoms with Crippen molar-refractivity contribution in [1.82, 2.24) is 0 Å². The van der Waals surface area contributed by atoms with Gasteiger partial charge in [-0.1, -0.05) is 25.3 Å². The number of alkyl halides is 3. The van der Waals surface area contributed by atoms with Crippen LogP contribution in [0.3, 0.4) is 0 Å². The van der Waals surface area contributed by atoms with E-state index in [1.165, 1.54) is 48.5 Å². The number of benzene rings is 3. The van der Waals surface area contributed by atoms with Crippen molar-refractivity contribution in [3.8, 4) is 17.2 Å². The summed E-state index contributed by atoms with van der Waals surface area (Å²) >= 11 is 0. The van der Waals surface area contributed by atoms with Crippen LogP contribution in [0.2, 0.25) is 0 Å². The lowest BCUT2D eigenvalue weighted by Crippen LogP contribution is -2.14. The first-order valence-electron chi connectivity index (χ1n) is 10.3. The number of halogens is 3. The van der Waals surface area contributed by atoms with Crippen molar-refractivity contribution in [2.45, 2.75) is 6.18 Å². The van der Waals surface area contributed by atoms with E-state index in [-0.39, 0.29) is 28.6 Å². The molecule has 0 aliphatic carbocycles. The van der Waals surface area contributed by atoms with Crippen LogP contribution in [0.5, 0.6) is 17.2 Å². The maximum Gasteiger partial charge on any atom is 0.420 e. The highest BCUT2D eigenvalue weighted by Crippen LogP contribution is 2.38. The number of carbonyl (C=O) groups excluding carboxylic acids is 3. The van der Waals surface area contributed by atoms with Gasteiger partial charge in [-0.15, -0.1) is 0 Å². The molecule has 3 aromatic carbocycles. The van der Waals surface area contributed by atoms with Gasteiger partial charge in [-0.3, -0.25) is 9.59 Å². The van der Waals surface area contributed by atoms with E-state index in [4.69, 9.17) is 14.2 Å². The zero-order chi connectivity index (χ0) is 26.3. The van der Waals surface area contributed by atoms with Gasteiger partial charge in [0.1, 0.15) is 22.8 Å². The van der Waals surface area contributed by atoms with E-state index >= 15 is 0 Å². The predicted molar refractivity (Wildman–Crippen MR) is 124 cm³/mol. The average molecular weight is 496 g/mol. The van der Waals surface area contributed by atoms with Crippen molar-refractivity contribution < 1.29 is 41.8 Å².